The highest BCUT2D eigenvalue weighted by Crippen LogP contribution is 2.15. The average molecular weight is 166 g/mol. The summed E-state index contributed by atoms with van der Waals surface area (Å²) in [6.07, 6.45) is 0. The van der Waals surface area contributed by atoms with Crippen molar-refractivity contribution in [3.05, 3.63) is 0 Å². The molecule has 10 heavy (non-hydrogen) atoms. The Morgan fingerprint density at radius 1 is 1.50 bits per heavy atom. The molecule has 0 radical (unpaired) electrons. The predicted octanol–water partition coefficient (Wildman–Crippen LogP) is -0.837. The molecular formula is C4H15N4OP. The fourth-order valence-corrected chi connectivity index (χ4v) is 0.898. The molecule has 0 fully saturated rings. The molecule has 0 atom stereocenters. The molecule has 0 bridgehead atoms. The van der Waals surface area contributed by atoms with Gasteiger partial charge in [-0.3, -0.25) is 15.6 Å². The Hall–Kier alpha value is 0.0700. The molecule has 0 saturated carbocycles. The molecule has 0 aliphatic heterocycles. The third kappa shape index (κ3) is 8.07. The second-order valence-corrected chi connectivity index (χ2v) is 4.16. The molecule has 0 unspecified atom stereocenters. The Balaban J connectivity index is 3.30. The summed E-state index contributed by atoms with van der Waals surface area (Å²) in [5, 5.41) is 2.52. The first-order valence-electron chi connectivity index (χ1n) is 2.99. The van der Waals surface area contributed by atoms with Crippen LogP contribution in [0.2, 0.25) is 0 Å². The summed E-state index contributed by atoms with van der Waals surface area (Å²) in [5.41, 5.74) is 10.1. The molecule has 6 heteroatoms. The first-order valence-corrected chi connectivity index (χ1v) is 4.83. The van der Waals surface area contributed by atoms with E-state index in [4.69, 9.17) is 11.0 Å². The van der Waals surface area contributed by atoms with E-state index >= 15 is 0 Å². The maximum Gasteiger partial charge on any atom is 0.273 e. The van der Waals surface area contributed by atoms with Crippen LogP contribution in [0.5, 0.6) is 0 Å². The van der Waals surface area contributed by atoms with Crippen LogP contribution in [0.25, 0.3) is 0 Å². The van der Waals surface area contributed by atoms with E-state index in [1.54, 1.807) is 0 Å². The van der Waals surface area contributed by atoms with Gasteiger partial charge in [0.25, 0.3) is 7.59 Å². The van der Waals surface area contributed by atoms with Crippen LogP contribution >= 0.6 is 7.59 Å². The highest BCUT2D eigenvalue weighted by Gasteiger charge is 2.04. The van der Waals surface area contributed by atoms with Gasteiger partial charge in [-0.25, -0.2) is 5.09 Å². The van der Waals surface area contributed by atoms with Crippen molar-refractivity contribution in [2.45, 2.75) is 0 Å². The number of nitrogens with one attached hydrogen (secondary N) is 1. The summed E-state index contributed by atoms with van der Waals surface area (Å²) >= 11 is 0. The minimum atomic E-state index is -3.00. The van der Waals surface area contributed by atoms with Crippen LogP contribution in [0, 0.1) is 0 Å². The predicted molar refractivity (Wildman–Crippen MR) is 42.5 cm³/mol. The molecule has 0 spiro atoms. The van der Waals surface area contributed by atoms with Crippen LogP contribution in [0.3, 0.4) is 0 Å². The van der Waals surface area contributed by atoms with Gasteiger partial charge in [-0.2, -0.15) is 0 Å². The van der Waals surface area contributed by atoms with Crippen molar-refractivity contribution in [3.63, 3.8) is 0 Å². The highest BCUT2D eigenvalue weighted by molar-refractivity contribution is 7.56. The van der Waals surface area contributed by atoms with Crippen LogP contribution < -0.4 is 16.1 Å². The van der Waals surface area contributed by atoms with Crippen molar-refractivity contribution in [1.82, 2.24) is 9.99 Å². The van der Waals surface area contributed by atoms with Crippen LogP contribution in [0.1, 0.15) is 0 Å². The van der Waals surface area contributed by atoms with Crippen molar-refractivity contribution in [2.24, 2.45) is 11.0 Å². The minimum absolute atomic E-state index is 0.553. The minimum Gasteiger partial charge on any atom is -0.308 e. The number of rotatable bonds is 4. The van der Waals surface area contributed by atoms with Gasteiger partial charge in [0.15, 0.2) is 0 Å². The number of hydrogen-bond donors (Lipinski definition) is 3. The zero-order valence-corrected chi connectivity index (χ0v) is 7.27. The molecule has 0 aromatic carbocycles. The first-order chi connectivity index (χ1) is 4.42. The molecular weight excluding hydrogens is 151 g/mol. The summed E-state index contributed by atoms with van der Waals surface area (Å²) < 4.78 is 10.6. The molecule has 0 amide bonds. The molecule has 0 heterocycles. The third-order valence-corrected chi connectivity index (χ3v) is 1.64. The summed E-state index contributed by atoms with van der Waals surface area (Å²) in [4.78, 5) is 1.95. The van der Waals surface area contributed by atoms with Crippen LogP contribution in [0.15, 0.2) is 0 Å². The van der Waals surface area contributed by atoms with Gasteiger partial charge in [0, 0.05) is 13.1 Å². The second kappa shape index (κ2) is 4.05. The SMILES string of the molecule is CN(C)CCNP(N)(N)=O. The maximum atomic E-state index is 10.6. The van der Waals surface area contributed by atoms with Gasteiger partial charge in [0.2, 0.25) is 0 Å². The van der Waals surface area contributed by atoms with Crippen LogP contribution in [-0.4, -0.2) is 32.1 Å². The highest BCUT2D eigenvalue weighted by atomic mass is 31.2. The normalized spacial score (nSPS) is 12.5. The number of nitrogens with zero attached hydrogens (tertiary/aromatic N) is 1. The summed E-state index contributed by atoms with van der Waals surface area (Å²) in [6.45, 7) is 1.33. The third-order valence-electron chi connectivity index (χ3n) is 0.918. The van der Waals surface area contributed by atoms with Crippen LogP contribution in [-0.2, 0) is 4.57 Å². The van der Waals surface area contributed by atoms with Gasteiger partial charge < -0.3 is 4.90 Å². The van der Waals surface area contributed by atoms with Crippen molar-refractivity contribution < 1.29 is 4.57 Å². The quantitative estimate of drug-likeness (QED) is 0.474. The number of likely N-dealkylation sites (N-methyl/N-ethyl adjacent to an activating group) is 1. The van der Waals surface area contributed by atoms with Crippen molar-refractivity contribution in [1.29, 1.82) is 0 Å². The second-order valence-electron chi connectivity index (χ2n) is 2.42. The van der Waals surface area contributed by atoms with Gasteiger partial charge in [0.05, 0.1) is 0 Å². The summed E-state index contributed by atoms with van der Waals surface area (Å²) in [6, 6.07) is 0. The molecule has 0 aromatic heterocycles. The van der Waals surface area contributed by atoms with E-state index in [2.05, 4.69) is 5.09 Å². The molecule has 0 aromatic rings. The molecule has 0 saturated heterocycles. The Bertz CT molecular complexity index is 131. The zero-order valence-electron chi connectivity index (χ0n) is 6.37. The van der Waals surface area contributed by atoms with E-state index in [1.165, 1.54) is 0 Å². The lowest BCUT2D eigenvalue weighted by Crippen LogP contribution is -2.29. The molecule has 62 valence electrons. The fraction of sp³-hybridized carbons (Fsp3) is 1.00. The van der Waals surface area contributed by atoms with Gasteiger partial charge in [-0.15, -0.1) is 0 Å². The van der Waals surface area contributed by atoms with E-state index in [0.29, 0.717) is 6.54 Å². The van der Waals surface area contributed by atoms with Gasteiger partial charge >= 0.3 is 0 Å². The van der Waals surface area contributed by atoms with Crippen molar-refractivity contribution >= 4 is 7.59 Å². The molecule has 0 rings (SSSR count). The Morgan fingerprint density at radius 2 is 2.00 bits per heavy atom. The standard InChI is InChI=1S/C4H15N4OP/c1-8(2)4-3-7-10(5,6)9/h3-4H2,1-2H3,(H5,5,6,7,9). The molecule has 5 N–H and O–H groups in total. The summed E-state index contributed by atoms with van der Waals surface area (Å²) in [5.74, 6) is 0. The zero-order chi connectivity index (χ0) is 8.20. The first kappa shape index (κ1) is 10.1. The monoisotopic (exact) mass is 166 g/mol. The molecule has 0 aliphatic carbocycles. The van der Waals surface area contributed by atoms with E-state index in [0.717, 1.165) is 6.54 Å². The Labute approximate surface area is 61.3 Å². The largest absolute Gasteiger partial charge is 0.308 e. The van der Waals surface area contributed by atoms with E-state index in [1.807, 2.05) is 19.0 Å². The van der Waals surface area contributed by atoms with Gasteiger partial charge in [-0.05, 0) is 14.1 Å². The van der Waals surface area contributed by atoms with E-state index < -0.39 is 7.59 Å². The Kier molecular flexibility index (Phi) is 4.08. The lowest BCUT2D eigenvalue weighted by atomic mass is 10.6. The maximum absolute atomic E-state index is 10.6. The number of hydrogen-bond acceptors (Lipinski definition) is 2. The van der Waals surface area contributed by atoms with Gasteiger partial charge in [-0.1, -0.05) is 0 Å². The van der Waals surface area contributed by atoms with Crippen LogP contribution in [0.4, 0.5) is 0 Å². The topological polar surface area (TPSA) is 84.4 Å². The van der Waals surface area contributed by atoms with E-state index in [-0.39, 0.29) is 0 Å². The van der Waals surface area contributed by atoms with Crippen molar-refractivity contribution in [2.75, 3.05) is 27.2 Å². The number of nitrogens with two attached hydrogens (primary N) is 2. The summed E-state index contributed by atoms with van der Waals surface area (Å²) in [7, 11) is 0.834. The average Bonchev–Trinajstić information content (AvgIpc) is 1.59. The lowest BCUT2D eigenvalue weighted by Gasteiger charge is -2.11. The van der Waals surface area contributed by atoms with Crippen molar-refractivity contribution in [3.8, 4) is 0 Å². The molecule has 5 nitrogen and oxygen atoms in total. The van der Waals surface area contributed by atoms with Gasteiger partial charge in [0.1, 0.15) is 0 Å². The Morgan fingerprint density at radius 3 is 2.30 bits per heavy atom. The smallest absolute Gasteiger partial charge is 0.273 e. The van der Waals surface area contributed by atoms with E-state index in [9.17, 15) is 4.57 Å². The molecule has 0 aliphatic rings. The fourth-order valence-electron chi connectivity index (χ4n) is 0.448. The lowest BCUT2D eigenvalue weighted by molar-refractivity contribution is 0.412.